The van der Waals surface area contributed by atoms with Crippen molar-refractivity contribution in [3.8, 4) is 17.2 Å². The fourth-order valence-electron chi connectivity index (χ4n) is 1.84. The largest absolute Gasteiger partial charge is 0.507 e. The van der Waals surface area contributed by atoms with Gasteiger partial charge in [-0.3, -0.25) is 4.79 Å². The molecule has 1 aromatic carbocycles. The van der Waals surface area contributed by atoms with Crippen LogP contribution in [0, 0.1) is 5.92 Å². The molecule has 0 aliphatic rings. The molecular weight excluding hydrogens is 264 g/mol. The third-order valence-corrected chi connectivity index (χ3v) is 2.73. The van der Waals surface area contributed by atoms with Crippen LogP contribution in [0.2, 0.25) is 0 Å². The lowest BCUT2D eigenvalue weighted by atomic mass is 9.97. The average molecular weight is 282 g/mol. The first-order valence-corrected chi connectivity index (χ1v) is 6.07. The topological polar surface area (TPSA) is 93.1 Å². The Morgan fingerprint density at radius 3 is 2.25 bits per heavy atom. The van der Waals surface area contributed by atoms with Gasteiger partial charge in [0.25, 0.3) is 0 Å². The van der Waals surface area contributed by atoms with Crippen molar-refractivity contribution in [1.29, 1.82) is 0 Å². The molecule has 0 saturated carbocycles. The van der Waals surface area contributed by atoms with Gasteiger partial charge >= 0.3 is 5.97 Å². The van der Waals surface area contributed by atoms with Crippen LogP contribution in [-0.4, -0.2) is 36.2 Å². The van der Waals surface area contributed by atoms with Crippen molar-refractivity contribution >= 4 is 11.8 Å². The number of esters is 1. The minimum Gasteiger partial charge on any atom is -0.507 e. The second-order valence-electron chi connectivity index (χ2n) is 4.71. The first kappa shape index (κ1) is 15.8. The van der Waals surface area contributed by atoms with Crippen LogP contribution in [0.5, 0.6) is 17.2 Å². The maximum atomic E-state index is 12.2. The Bertz CT molecular complexity index is 533. The number of benzene rings is 1. The van der Waals surface area contributed by atoms with Crippen molar-refractivity contribution in [3.05, 3.63) is 17.2 Å². The summed E-state index contributed by atoms with van der Waals surface area (Å²) in [5, 5.41) is 19.8. The third-order valence-electron chi connectivity index (χ3n) is 2.73. The van der Waals surface area contributed by atoms with Gasteiger partial charge in [-0.15, -0.1) is 0 Å². The van der Waals surface area contributed by atoms with Gasteiger partial charge in [-0.2, -0.15) is 0 Å². The van der Waals surface area contributed by atoms with Crippen molar-refractivity contribution in [2.75, 3.05) is 14.2 Å². The SMILES string of the molecule is COC(=O)c1c(O)cc(OC)c(C(=O)CC(C)C)c1O. The van der Waals surface area contributed by atoms with Crippen LogP contribution >= 0.6 is 0 Å². The smallest absolute Gasteiger partial charge is 0.345 e. The zero-order valence-corrected chi connectivity index (χ0v) is 11.9. The molecule has 2 N–H and O–H groups in total. The number of carbonyl (C=O) groups excluding carboxylic acids is 2. The molecule has 110 valence electrons. The summed E-state index contributed by atoms with van der Waals surface area (Å²) < 4.78 is 9.46. The highest BCUT2D eigenvalue weighted by atomic mass is 16.5. The molecule has 0 radical (unpaired) electrons. The van der Waals surface area contributed by atoms with Crippen molar-refractivity contribution in [1.82, 2.24) is 0 Å². The average Bonchev–Trinajstić information content (AvgIpc) is 2.36. The summed E-state index contributed by atoms with van der Waals surface area (Å²) in [6, 6.07) is 1.11. The predicted molar refractivity (Wildman–Crippen MR) is 71.4 cm³/mol. The number of methoxy groups -OCH3 is 2. The van der Waals surface area contributed by atoms with Gasteiger partial charge in [0.2, 0.25) is 0 Å². The minimum atomic E-state index is -0.929. The number of hydrogen-bond acceptors (Lipinski definition) is 6. The van der Waals surface area contributed by atoms with Crippen LogP contribution in [0.3, 0.4) is 0 Å². The maximum absolute atomic E-state index is 12.2. The summed E-state index contributed by atoms with van der Waals surface area (Å²) in [5.74, 6) is -2.35. The lowest BCUT2D eigenvalue weighted by molar-refractivity contribution is 0.0594. The molecular formula is C14H18O6. The molecule has 0 spiro atoms. The van der Waals surface area contributed by atoms with E-state index in [1.807, 2.05) is 13.8 Å². The van der Waals surface area contributed by atoms with Gasteiger partial charge in [0.05, 0.1) is 14.2 Å². The summed E-state index contributed by atoms with van der Waals surface area (Å²) in [4.78, 5) is 23.7. The summed E-state index contributed by atoms with van der Waals surface area (Å²) in [6.45, 7) is 3.70. The molecule has 1 rings (SSSR count). The van der Waals surface area contributed by atoms with E-state index >= 15 is 0 Å². The van der Waals surface area contributed by atoms with Gasteiger partial charge in [-0.05, 0) is 5.92 Å². The molecule has 0 unspecified atom stereocenters. The molecule has 0 bridgehead atoms. The minimum absolute atomic E-state index is 0.0123. The van der Waals surface area contributed by atoms with Crippen molar-refractivity contribution in [2.45, 2.75) is 20.3 Å². The van der Waals surface area contributed by atoms with Gasteiger partial charge in [0.15, 0.2) is 5.78 Å². The monoisotopic (exact) mass is 282 g/mol. The van der Waals surface area contributed by atoms with Gasteiger partial charge in [0, 0.05) is 12.5 Å². The van der Waals surface area contributed by atoms with E-state index in [2.05, 4.69) is 4.74 Å². The first-order chi connectivity index (χ1) is 9.33. The predicted octanol–water partition coefficient (Wildman–Crippen LogP) is 2.12. The van der Waals surface area contributed by atoms with Crippen molar-refractivity contribution in [2.24, 2.45) is 5.92 Å². The molecule has 0 atom stereocenters. The Labute approximate surface area is 116 Å². The van der Waals surface area contributed by atoms with Gasteiger partial charge in [-0.1, -0.05) is 13.8 Å². The second kappa shape index (κ2) is 6.27. The van der Waals surface area contributed by atoms with E-state index in [1.54, 1.807) is 0 Å². The van der Waals surface area contributed by atoms with E-state index in [4.69, 9.17) is 4.74 Å². The van der Waals surface area contributed by atoms with Crippen LogP contribution < -0.4 is 4.74 Å². The van der Waals surface area contributed by atoms with E-state index in [0.29, 0.717) is 0 Å². The summed E-state index contributed by atoms with van der Waals surface area (Å²) in [6.07, 6.45) is 0.176. The Hall–Kier alpha value is -2.24. The van der Waals surface area contributed by atoms with Crippen LogP contribution in [0.1, 0.15) is 41.0 Å². The second-order valence-corrected chi connectivity index (χ2v) is 4.71. The molecule has 0 heterocycles. The van der Waals surface area contributed by atoms with E-state index in [1.165, 1.54) is 7.11 Å². The molecule has 6 nitrogen and oxygen atoms in total. The van der Waals surface area contributed by atoms with Crippen molar-refractivity contribution in [3.63, 3.8) is 0 Å². The highest BCUT2D eigenvalue weighted by Gasteiger charge is 2.27. The Balaban J connectivity index is 3.48. The number of Topliss-reactive ketones (excluding diaryl/α,β-unsaturated/α-hetero) is 1. The quantitative estimate of drug-likeness (QED) is 0.634. The van der Waals surface area contributed by atoms with Crippen LogP contribution in [0.4, 0.5) is 0 Å². The van der Waals surface area contributed by atoms with Gasteiger partial charge in [-0.25, -0.2) is 4.79 Å². The molecule has 0 fully saturated rings. The number of aromatic hydroxyl groups is 2. The van der Waals surface area contributed by atoms with Gasteiger partial charge in [0.1, 0.15) is 28.4 Å². The number of phenolic OH excluding ortho intramolecular Hbond substituents is 2. The number of phenols is 2. The van der Waals surface area contributed by atoms with Crippen molar-refractivity contribution < 1.29 is 29.3 Å². The normalized spacial score (nSPS) is 10.4. The number of carbonyl (C=O) groups is 2. The van der Waals surface area contributed by atoms with E-state index < -0.39 is 23.0 Å². The van der Waals surface area contributed by atoms with E-state index in [9.17, 15) is 19.8 Å². The third kappa shape index (κ3) is 3.01. The Morgan fingerprint density at radius 2 is 1.80 bits per heavy atom. The standard InChI is InChI=1S/C14H18O6/c1-7(2)5-8(15)11-10(19-3)6-9(16)12(13(11)17)14(18)20-4/h6-7,16-17H,5H2,1-4H3. The van der Waals surface area contributed by atoms with E-state index in [0.717, 1.165) is 13.2 Å². The molecule has 0 aliphatic heterocycles. The maximum Gasteiger partial charge on any atom is 0.345 e. The fraction of sp³-hybridized carbons (Fsp3) is 0.429. The summed E-state index contributed by atoms with van der Waals surface area (Å²) >= 11 is 0. The first-order valence-electron chi connectivity index (χ1n) is 6.07. The summed E-state index contributed by atoms with van der Waals surface area (Å²) in [5.41, 5.74) is -0.570. The van der Waals surface area contributed by atoms with Crippen LogP contribution in [-0.2, 0) is 4.74 Å². The highest BCUT2D eigenvalue weighted by molar-refractivity contribution is 6.06. The zero-order chi connectivity index (χ0) is 15.4. The fourth-order valence-corrected chi connectivity index (χ4v) is 1.84. The lowest BCUT2D eigenvalue weighted by Gasteiger charge is -2.14. The lowest BCUT2D eigenvalue weighted by Crippen LogP contribution is -2.10. The molecule has 0 amide bonds. The highest BCUT2D eigenvalue weighted by Crippen LogP contribution is 2.39. The molecule has 6 heteroatoms. The Morgan fingerprint density at radius 1 is 1.20 bits per heavy atom. The van der Waals surface area contributed by atoms with Crippen LogP contribution in [0.25, 0.3) is 0 Å². The molecule has 0 aliphatic carbocycles. The van der Waals surface area contributed by atoms with Gasteiger partial charge < -0.3 is 19.7 Å². The van der Waals surface area contributed by atoms with E-state index in [-0.39, 0.29) is 29.4 Å². The number of ether oxygens (including phenoxy) is 2. The summed E-state index contributed by atoms with van der Waals surface area (Å²) in [7, 11) is 2.42. The zero-order valence-electron chi connectivity index (χ0n) is 11.9. The molecule has 0 saturated heterocycles. The molecule has 1 aromatic rings. The number of hydrogen-bond donors (Lipinski definition) is 2. The molecule has 20 heavy (non-hydrogen) atoms. The Kier molecular flexibility index (Phi) is 4.96. The van der Waals surface area contributed by atoms with Crippen LogP contribution in [0.15, 0.2) is 6.07 Å². The number of rotatable bonds is 5. The number of ketones is 1. The molecule has 0 aromatic heterocycles.